The molecule has 0 aliphatic heterocycles. The van der Waals surface area contributed by atoms with Crippen molar-refractivity contribution in [3.63, 3.8) is 0 Å². The van der Waals surface area contributed by atoms with Crippen LogP contribution < -0.4 is 0 Å². The van der Waals surface area contributed by atoms with Gasteiger partial charge in [-0.3, -0.25) is 0 Å². The van der Waals surface area contributed by atoms with Crippen molar-refractivity contribution >= 4 is 102 Å². The lowest BCUT2D eigenvalue weighted by molar-refractivity contribution is -0.144. The lowest BCUT2D eigenvalue weighted by Crippen LogP contribution is -2.17. The molecule has 7 aromatic heterocycles. The van der Waals surface area contributed by atoms with E-state index in [9.17, 15) is 72.0 Å². The Hall–Kier alpha value is -6.32. The molecule has 77 heavy (non-hydrogen) atoms. The molecule has 0 unspecified atom stereocenters. The minimum Gasteiger partial charge on any atom is -0.204 e. The van der Waals surface area contributed by atoms with Crippen molar-refractivity contribution in [2.24, 2.45) is 0 Å². The largest absolute Gasteiger partial charge is 0.422 e. The SMILES string of the molecule is Cc1c(/C(F)=C(\C#N)c2c(F)c(F)c(C(F)(F)F)c(F)c2F)sc(-c2ccc(-c3ccc(-c4ccc(-c5ccc(-c6ccc(-c7sc(/C(F)=C(\C#N)c8c(F)c(F)c(C(F)(F)F)c(F)c8F)c(C)c7C)s6)s5)s4)s3)s2)c1C. The third-order valence-electron chi connectivity index (χ3n) is 12.0. The van der Waals surface area contributed by atoms with E-state index in [4.69, 9.17) is 0 Å². The van der Waals surface area contributed by atoms with Crippen LogP contribution in [0.15, 0.2) is 60.7 Å². The number of nitriles is 2. The number of nitrogens with zero attached hydrogens (tertiary/aromatic N) is 2. The lowest BCUT2D eigenvalue weighted by atomic mass is 9.99. The molecule has 25 heteroatoms. The van der Waals surface area contributed by atoms with Crippen molar-refractivity contribution in [2.75, 3.05) is 0 Å². The number of rotatable bonds is 10. The Morgan fingerprint density at radius 1 is 0.351 bits per heavy atom. The van der Waals surface area contributed by atoms with Crippen LogP contribution in [0.2, 0.25) is 0 Å². The maximum absolute atomic E-state index is 16.1. The summed E-state index contributed by atoms with van der Waals surface area (Å²) in [6.07, 6.45) is -11.7. The quantitative estimate of drug-likeness (QED) is 0.0778. The van der Waals surface area contributed by atoms with Crippen molar-refractivity contribution < 1.29 is 70.2 Å². The third kappa shape index (κ3) is 9.56. The van der Waals surface area contributed by atoms with Gasteiger partial charge >= 0.3 is 12.4 Å². The Morgan fingerprint density at radius 2 is 0.571 bits per heavy atom. The predicted octanol–water partition coefficient (Wildman–Crippen LogP) is 21.2. The molecule has 0 bridgehead atoms. The molecule has 0 amide bonds. The van der Waals surface area contributed by atoms with E-state index in [0.717, 1.165) is 73.8 Å². The van der Waals surface area contributed by atoms with E-state index in [1.807, 2.05) is 48.5 Å². The van der Waals surface area contributed by atoms with E-state index in [2.05, 4.69) is 0 Å². The van der Waals surface area contributed by atoms with E-state index in [1.165, 1.54) is 70.5 Å². The maximum atomic E-state index is 16.1. The zero-order chi connectivity index (χ0) is 56.1. The summed E-state index contributed by atoms with van der Waals surface area (Å²) in [6, 6.07) is 21.1. The highest BCUT2D eigenvalue weighted by Gasteiger charge is 2.45. The van der Waals surface area contributed by atoms with Crippen LogP contribution >= 0.6 is 79.4 Å². The molecule has 0 saturated heterocycles. The highest BCUT2D eigenvalue weighted by molar-refractivity contribution is 7.31. The van der Waals surface area contributed by atoms with Crippen LogP contribution in [0.3, 0.4) is 0 Å². The predicted molar refractivity (Wildman–Crippen MR) is 273 cm³/mol. The molecule has 9 rings (SSSR count). The summed E-state index contributed by atoms with van der Waals surface area (Å²) in [6.45, 7) is 6.10. The Labute approximate surface area is 452 Å². The first-order chi connectivity index (χ1) is 36.2. The molecular weight excluding hydrogens is 1180 g/mol. The van der Waals surface area contributed by atoms with Gasteiger partial charge in [0.25, 0.3) is 0 Å². The zero-order valence-electron chi connectivity index (χ0n) is 38.6. The molecule has 0 atom stereocenters. The molecule has 394 valence electrons. The molecule has 0 spiro atoms. The van der Waals surface area contributed by atoms with Crippen molar-refractivity contribution in [1.29, 1.82) is 10.5 Å². The molecular formula is C52H22F16N2S7. The second-order valence-corrected chi connectivity index (χ2v) is 23.9. The third-order valence-corrected chi connectivity index (χ3v) is 21.3. The van der Waals surface area contributed by atoms with Gasteiger partial charge in [0.15, 0.2) is 58.2 Å². The Morgan fingerprint density at radius 3 is 0.792 bits per heavy atom. The fraction of sp³-hybridized carbons (Fsp3) is 0.115. The van der Waals surface area contributed by atoms with Gasteiger partial charge in [0.2, 0.25) is 0 Å². The van der Waals surface area contributed by atoms with Gasteiger partial charge in [0.1, 0.15) is 34.4 Å². The average Bonchev–Trinajstić information content (AvgIpc) is 4.26. The van der Waals surface area contributed by atoms with Gasteiger partial charge in [-0.25, -0.2) is 43.9 Å². The van der Waals surface area contributed by atoms with Crippen LogP contribution in [0.4, 0.5) is 70.2 Å². The van der Waals surface area contributed by atoms with Crippen molar-refractivity contribution in [1.82, 2.24) is 0 Å². The number of allylic oxidation sites excluding steroid dienone is 2. The number of thiophene rings is 7. The van der Waals surface area contributed by atoms with Gasteiger partial charge in [-0.05, 0) is 111 Å². The number of hydrogen-bond donors (Lipinski definition) is 0. The van der Waals surface area contributed by atoms with Gasteiger partial charge in [0.05, 0.1) is 20.9 Å². The van der Waals surface area contributed by atoms with Gasteiger partial charge in [-0.1, -0.05) is 0 Å². The van der Waals surface area contributed by atoms with Crippen molar-refractivity contribution in [3.05, 3.63) is 161 Å². The fourth-order valence-electron chi connectivity index (χ4n) is 7.93. The number of alkyl halides is 6. The molecule has 2 aromatic carbocycles. The monoisotopic (exact) mass is 1200 g/mol. The molecule has 0 aliphatic rings. The molecule has 2 nitrogen and oxygen atoms in total. The topological polar surface area (TPSA) is 47.6 Å². The Balaban J connectivity index is 0.933. The summed E-state index contributed by atoms with van der Waals surface area (Å²) in [5, 5.41) is 19.4. The van der Waals surface area contributed by atoms with Gasteiger partial charge in [-0.15, -0.1) is 79.4 Å². The van der Waals surface area contributed by atoms with Crippen molar-refractivity contribution in [3.8, 4) is 70.7 Å². The van der Waals surface area contributed by atoms with E-state index in [1.54, 1.807) is 26.0 Å². The van der Waals surface area contributed by atoms with E-state index in [0.29, 0.717) is 30.6 Å². The molecule has 7 heterocycles. The number of benzene rings is 2. The molecule has 0 aliphatic carbocycles. The average molecular weight is 1200 g/mol. The number of halogens is 16. The zero-order valence-corrected chi connectivity index (χ0v) is 44.3. The van der Waals surface area contributed by atoms with Crippen LogP contribution in [0.1, 0.15) is 54.3 Å². The van der Waals surface area contributed by atoms with Gasteiger partial charge in [0, 0.05) is 58.5 Å². The van der Waals surface area contributed by atoms with Gasteiger partial charge < -0.3 is 0 Å². The smallest absolute Gasteiger partial charge is 0.204 e. The first kappa shape index (κ1) is 55.4. The summed E-state index contributed by atoms with van der Waals surface area (Å²) in [5.74, 6) is -24.8. The van der Waals surface area contributed by atoms with E-state index in [-0.39, 0.29) is 20.9 Å². The Bertz CT molecular complexity index is 3740. The van der Waals surface area contributed by atoms with Crippen LogP contribution in [0.25, 0.3) is 81.3 Å². The number of hydrogen-bond acceptors (Lipinski definition) is 9. The molecule has 0 radical (unpaired) electrons. The van der Waals surface area contributed by atoms with Gasteiger partial charge in [-0.2, -0.15) is 36.9 Å². The Kier molecular flexibility index (Phi) is 14.7. The molecule has 0 N–H and O–H groups in total. The molecule has 0 saturated carbocycles. The maximum Gasteiger partial charge on any atom is 0.422 e. The second kappa shape index (κ2) is 20.5. The standard InChI is InChI=1S/C52H22F16N2S7/c1-17-19(3)49(37(53)21(15-69)33-39(55)43(59)35(51(63,64)65)44(60)40(33)56)76-47(17)31-13-11-29(74-31)27-9-7-25(72-27)23-5-6-24(71-23)26-8-10-28(73-26)30-12-14-32(75-30)48-18(2)20(4)50(77-48)38(54)22(16-70)34-41(57)45(61)36(52(66,67)68)46(62)42(34)58/h5-14H,1-4H3/b37-21-,38-22-. The highest BCUT2D eigenvalue weighted by Crippen LogP contribution is 2.51. The summed E-state index contributed by atoms with van der Waals surface area (Å²) in [5.41, 5.74) is -11.2. The first-order valence-corrected chi connectivity index (χ1v) is 27.1. The summed E-state index contributed by atoms with van der Waals surface area (Å²) < 4.78 is 229. The second-order valence-electron chi connectivity index (χ2n) is 16.4. The summed E-state index contributed by atoms with van der Waals surface area (Å²) in [7, 11) is 0. The summed E-state index contributed by atoms with van der Waals surface area (Å²) >= 11 is 8.66. The van der Waals surface area contributed by atoms with Crippen molar-refractivity contribution in [2.45, 2.75) is 40.0 Å². The minimum atomic E-state index is -5.84. The van der Waals surface area contributed by atoms with Crippen LogP contribution in [-0.4, -0.2) is 0 Å². The van der Waals surface area contributed by atoms with E-state index < -0.39 is 104 Å². The highest BCUT2D eigenvalue weighted by atomic mass is 32.1. The normalized spacial score (nSPS) is 12.8. The molecule has 0 fully saturated rings. The molecule has 9 aromatic rings. The summed E-state index contributed by atoms with van der Waals surface area (Å²) in [4.78, 5) is 8.60. The van der Waals surface area contributed by atoms with Crippen LogP contribution in [0.5, 0.6) is 0 Å². The van der Waals surface area contributed by atoms with Crippen LogP contribution in [-0.2, 0) is 12.4 Å². The van der Waals surface area contributed by atoms with E-state index >= 15 is 8.78 Å². The minimum absolute atomic E-state index is 0.202. The lowest BCUT2D eigenvalue weighted by Gasteiger charge is -2.14. The fourth-order valence-corrected chi connectivity index (χ4v) is 16.2. The van der Waals surface area contributed by atoms with Crippen LogP contribution in [0, 0.1) is 96.9 Å². The first-order valence-electron chi connectivity index (χ1n) is 21.4.